The van der Waals surface area contributed by atoms with Crippen molar-refractivity contribution in [1.29, 1.82) is 0 Å². The number of thiophene rings is 1. The SMILES string of the molecule is COc1cc(CC(=O)N2CCc3cc(C(Cc4cccs4)C(=O)O)ccc32)ccc1NC(=O)Nc1ccccc1C. The summed E-state index contributed by atoms with van der Waals surface area (Å²) in [6.07, 6.45) is 1.26. The lowest BCUT2D eigenvalue weighted by Crippen LogP contribution is -2.30. The number of carbonyl (C=O) groups is 3. The van der Waals surface area contributed by atoms with Crippen molar-refractivity contribution in [2.45, 2.75) is 32.1 Å². The minimum Gasteiger partial charge on any atom is -0.495 e. The van der Waals surface area contributed by atoms with Crippen LogP contribution in [0.25, 0.3) is 0 Å². The molecule has 8 nitrogen and oxygen atoms in total. The number of rotatable bonds is 9. The van der Waals surface area contributed by atoms with E-state index in [4.69, 9.17) is 4.74 Å². The number of hydrogen-bond donors (Lipinski definition) is 3. The molecular formula is C32H31N3O5S. The molecule has 1 aliphatic rings. The van der Waals surface area contributed by atoms with E-state index in [0.717, 1.165) is 32.8 Å². The Balaban J connectivity index is 1.25. The van der Waals surface area contributed by atoms with E-state index >= 15 is 0 Å². The van der Waals surface area contributed by atoms with Gasteiger partial charge in [-0.05, 0) is 77.7 Å². The summed E-state index contributed by atoms with van der Waals surface area (Å²) >= 11 is 1.55. The minimum absolute atomic E-state index is 0.0649. The number of para-hydroxylation sites is 1. The van der Waals surface area contributed by atoms with Crippen LogP contribution in [0.3, 0.4) is 0 Å². The number of nitrogens with zero attached hydrogens (tertiary/aromatic N) is 1. The molecule has 0 saturated carbocycles. The Morgan fingerprint density at radius 1 is 1.00 bits per heavy atom. The van der Waals surface area contributed by atoms with E-state index in [1.54, 1.807) is 34.4 Å². The number of anilines is 3. The highest BCUT2D eigenvalue weighted by molar-refractivity contribution is 7.09. The van der Waals surface area contributed by atoms with Gasteiger partial charge in [-0.25, -0.2) is 4.79 Å². The number of hydrogen-bond acceptors (Lipinski definition) is 5. The van der Waals surface area contributed by atoms with Crippen LogP contribution in [0.2, 0.25) is 0 Å². The van der Waals surface area contributed by atoms with Gasteiger partial charge in [0.2, 0.25) is 5.91 Å². The van der Waals surface area contributed by atoms with Gasteiger partial charge in [-0.3, -0.25) is 9.59 Å². The highest BCUT2D eigenvalue weighted by Crippen LogP contribution is 2.34. The molecule has 0 spiro atoms. The molecule has 1 atom stereocenters. The lowest BCUT2D eigenvalue weighted by Gasteiger charge is -2.19. The van der Waals surface area contributed by atoms with E-state index in [1.807, 2.05) is 66.9 Å². The molecule has 1 unspecified atom stereocenters. The van der Waals surface area contributed by atoms with E-state index in [0.29, 0.717) is 36.5 Å². The number of benzene rings is 3. The Morgan fingerprint density at radius 3 is 2.54 bits per heavy atom. The first kappa shape index (κ1) is 27.9. The first-order valence-electron chi connectivity index (χ1n) is 13.3. The molecule has 3 aromatic carbocycles. The van der Waals surface area contributed by atoms with Crippen LogP contribution in [0.4, 0.5) is 21.9 Å². The molecule has 3 N–H and O–H groups in total. The number of carboxylic acid groups (broad SMARTS) is 1. The van der Waals surface area contributed by atoms with E-state index < -0.39 is 17.9 Å². The number of methoxy groups -OCH3 is 1. The molecule has 1 aromatic heterocycles. The number of nitrogens with one attached hydrogen (secondary N) is 2. The average Bonchev–Trinajstić information content (AvgIpc) is 3.63. The van der Waals surface area contributed by atoms with Gasteiger partial charge in [0, 0.05) is 22.8 Å². The highest BCUT2D eigenvalue weighted by Gasteiger charge is 2.28. The summed E-state index contributed by atoms with van der Waals surface area (Å²) in [7, 11) is 1.52. The molecule has 0 bridgehead atoms. The van der Waals surface area contributed by atoms with Gasteiger partial charge in [0.25, 0.3) is 0 Å². The summed E-state index contributed by atoms with van der Waals surface area (Å²) in [5, 5.41) is 17.5. The van der Waals surface area contributed by atoms with E-state index in [1.165, 1.54) is 7.11 Å². The maximum atomic E-state index is 13.3. The zero-order valence-electron chi connectivity index (χ0n) is 22.8. The summed E-state index contributed by atoms with van der Waals surface area (Å²) in [5.74, 6) is -1.11. The molecule has 0 fully saturated rings. The van der Waals surface area contributed by atoms with Gasteiger partial charge in [-0.2, -0.15) is 0 Å². The summed E-state index contributed by atoms with van der Waals surface area (Å²) in [6, 6.07) is 21.9. The number of carbonyl (C=O) groups excluding carboxylic acids is 2. The first-order valence-corrected chi connectivity index (χ1v) is 14.2. The summed E-state index contributed by atoms with van der Waals surface area (Å²) in [5.41, 5.74) is 5.45. The van der Waals surface area contributed by atoms with Crippen molar-refractivity contribution in [3.05, 3.63) is 105 Å². The predicted molar refractivity (Wildman–Crippen MR) is 161 cm³/mol. The lowest BCUT2D eigenvalue weighted by molar-refractivity contribution is -0.138. The second-order valence-electron chi connectivity index (χ2n) is 9.96. The van der Waals surface area contributed by atoms with Crippen molar-refractivity contribution in [3.63, 3.8) is 0 Å². The molecule has 41 heavy (non-hydrogen) atoms. The molecule has 9 heteroatoms. The summed E-state index contributed by atoms with van der Waals surface area (Å²) in [4.78, 5) is 40.7. The maximum absolute atomic E-state index is 13.3. The van der Waals surface area contributed by atoms with Gasteiger partial charge in [0.05, 0.1) is 25.1 Å². The van der Waals surface area contributed by atoms with Crippen molar-refractivity contribution in [2.75, 3.05) is 29.2 Å². The lowest BCUT2D eigenvalue weighted by atomic mass is 9.93. The van der Waals surface area contributed by atoms with Gasteiger partial charge in [-0.1, -0.05) is 42.5 Å². The number of urea groups is 1. The van der Waals surface area contributed by atoms with Crippen LogP contribution in [-0.2, 0) is 28.9 Å². The molecule has 3 amide bonds. The summed E-state index contributed by atoms with van der Waals surface area (Å²) < 4.78 is 5.50. The van der Waals surface area contributed by atoms with Crippen molar-refractivity contribution >= 4 is 46.3 Å². The summed E-state index contributed by atoms with van der Waals surface area (Å²) in [6.45, 7) is 2.45. The zero-order valence-corrected chi connectivity index (χ0v) is 23.7. The highest BCUT2D eigenvalue weighted by atomic mass is 32.1. The Hall–Kier alpha value is -4.63. The molecule has 0 saturated heterocycles. The Kier molecular flexibility index (Phi) is 8.35. The zero-order chi connectivity index (χ0) is 28.9. The monoisotopic (exact) mass is 569 g/mol. The van der Waals surface area contributed by atoms with Gasteiger partial charge < -0.3 is 25.4 Å². The fourth-order valence-corrected chi connectivity index (χ4v) is 5.84. The van der Waals surface area contributed by atoms with Crippen LogP contribution < -0.4 is 20.3 Å². The second kappa shape index (κ2) is 12.3. The van der Waals surface area contributed by atoms with Gasteiger partial charge in [-0.15, -0.1) is 11.3 Å². The van der Waals surface area contributed by atoms with Gasteiger partial charge in [0.15, 0.2) is 0 Å². The third kappa shape index (κ3) is 6.41. The standard InChI is InChI=1S/C32H31N3O5S/c1-20-6-3-4-8-26(20)33-32(39)34-27-11-9-21(16-29(27)40-2)17-30(36)35-14-13-23-18-22(10-12-28(23)35)25(31(37)38)19-24-7-5-15-41-24/h3-12,15-16,18,25H,13-14,17,19H2,1-2H3,(H,37,38)(H2,33,34,39). The van der Waals surface area contributed by atoms with E-state index in [-0.39, 0.29) is 12.3 Å². The van der Waals surface area contributed by atoms with E-state index in [9.17, 15) is 19.5 Å². The topological polar surface area (TPSA) is 108 Å². The number of carboxylic acids is 1. The molecule has 0 radical (unpaired) electrons. The maximum Gasteiger partial charge on any atom is 0.323 e. The third-order valence-corrected chi connectivity index (χ3v) is 8.15. The Labute approximate surface area is 242 Å². The van der Waals surface area contributed by atoms with Crippen LogP contribution in [0, 0.1) is 6.92 Å². The van der Waals surface area contributed by atoms with Crippen molar-refractivity contribution < 1.29 is 24.2 Å². The average molecular weight is 570 g/mol. The Bertz CT molecular complexity index is 1580. The molecule has 5 rings (SSSR count). The predicted octanol–water partition coefficient (Wildman–Crippen LogP) is 6.25. The number of amides is 3. The van der Waals surface area contributed by atoms with Crippen LogP contribution >= 0.6 is 11.3 Å². The fraction of sp³-hybridized carbons (Fsp3) is 0.219. The second-order valence-corrected chi connectivity index (χ2v) is 11.0. The quantitative estimate of drug-likeness (QED) is 0.221. The normalized spacial score (nSPS) is 12.9. The largest absolute Gasteiger partial charge is 0.495 e. The van der Waals surface area contributed by atoms with Crippen LogP contribution in [0.5, 0.6) is 5.75 Å². The smallest absolute Gasteiger partial charge is 0.323 e. The van der Waals surface area contributed by atoms with Crippen molar-refractivity contribution in [3.8, 4) is 5.75 Å². The van der Waals surface area contributed by atoms with Crippen molar-refractivity contribution in [1.82, 2.24) is 0 Å². The number of fused-ring (bicyclic) bond motifs is 1. The van der Waals surface area contributed by atoms with Crippen LogP contribution in [0.15, 0.2) is 78.2 Å². The molecule has 210 valence electrons. The Morgan fingerprint density at radius 2 is 1.80 bits per heavy atom. The third-order valence-electron chi connectivity index (χ3n) is 7.25. The number of ether oxygens (including phenoxy) is 1. The van der Waals surface area contributed by atoms with Crippen LogP contribution in [-0.4, -0.2) is 36.7 Å². The number of aliphatic carboxylic acids is 1. The molecule has 1 aliphatic heterocycles. The van der Waals surface area contributed by atoms with Crippen molar-refractivity contribution in [2.24, 2.45) is 0 Å². The number of aryl methyl sites for hydroxylation is 1. The molecular weight excluding hydrogens is 538 g/mol. The van der Waals surface area contributed by atoms with Gasteiger partial charge in [0.1, 0.15) is 5.75 Å². The first-order chi connectivity index (χ1) is 19.8. The molecule has 4 aromatic rings. The van der Waals surface area contributed by atoms with Gasteiger partial charge >= 0.3 is 12.0 Å². The minimum atomic E-state index is -0.858. The van der Waals surface area contributed by atoms with Crippen LogP contribution in [0.1, 0.15) is 33.0 Å². The fourth-order valence-electron chi connectivity index (χ4n) is 5.08. The molecule has 2 heterocycles. The molecule has 0 aliphatic carbocycles. The van der Waals surface area contributed by atoms with E-state index in [2.05, 4.69) is 10.6 Å².